The van der Waals surface area contributed by atoms with Gasteiger partial charge in [-0.05, 0) is 55.7 Å². The fourth-order valence-electron chi connectivity index (χ4n) is 5.90. The topological polar surface area (TPSA) is 65.0 Å². The smallest absolute Gasteiger partial charge is 0.309 e. The summed E-state index contributed by atoms with van der Waals surface area (Å²) in [5, 5.41) is 0. The van der Waals surface area contributed by atoms with Gasteiger partial charge in [0.15, 0.2) is 0 Å². The predicted octanol–water partition coefficient (Wildman–Crippen LogP) is 4.56. The van der Waals surface area contributed by atoms with E-state index in [1.165, 1.54) is 25.7 Å². The van der Waals surface area contributed by atoms with Gasteiger partial charge >= 0.3 is 5.97 Å². The number of nitrogens with zero attached hydrogens (tertiary/aromatic N) is 3. The van der Waals surface area contributed by atoms with E-state index < -0.39 is 0 Å². The maximum atomic E-state index is 12.4. The molecule has 29 heavy (non-hydrogen) atoms. The summed E-state index contributed by atoms with van der Waals surface area (Å²) >= 11 is 0. The second-order valence-corrected chi connectivity index (χ2v) is 8.77. The summed E-state index contributed by atoms with van der Waals surface area (Å²) < 4.78 is 5.66. The Bertz CT molecular complexity index is 896. The summed E-state index contributed by atoms with van der Waals surface area (Å²) in [5.74, 6) is 2.11. The summed E-state index contributed by atoms with van der Waals surface area (Å²) in [6, 6.07) is 4.06. The number of carbonyl (C=O) groups is 1. The van der Waals surface area contributed by atoms with Gasteiger partial charge in [-0.15, -0.1) is 0 Å². The van der Waals surface area contributed by atoms with Gasteiger partial charge in [0, 0.05) is 30.1 Å². The first-order valence-corrected chi connectivity index (χ1v) is 10.8. The fourth-order valence-corrected chi connectivity index (χ4v) is 5.90. The number of carbonyl (C=O) groups excluding carboxylic acids is 1. The lowest BCUT2D eigenvalue weighted by Gasteiger charge is -2.45. The molecule has 1 saturated heterocycles. The minimum absolute atomic E-state index is 0.0111. The zero-order chi connectivity index (χ0) is 19.8. The molecule has 2 aromatic heterocycles. The first-order valence-electron chi connectivity index (χ1n) is 10.8. The molecule has 0 bridgehead atoms. The molecule has 2 aliphatic carbocycles. The number of fused-ring (bicyclic) bond motifs is 2. The molecular formula is C24H27N3O2. The van der Waals surface area contributed by atoms with E-state index in [9.17, 15) is 4.79 Å². The second kappa shape index (κ2) is 7.69. The zero-order valence-corrected chi connectivity index (χ0v) is 16.8. The van der Waals surface area contributed by atoms with Crippen molar-refractivity contribution in [2.75, 3.05) is 0 Å². The molecule has 2 aromatic rings. The third-order valence-electron chi connectivity index (χ3n) is 7.21. The molecule has 6 atom stereocenters. The molecule has 5 rings (SSSR count). The van der Waals surface area contributed by atoms with Crippen LogP contribution in [0.3, 0.4) is 0 Å². The van der Waals surface area contributed by atoms with Gasteiger partial charge in [-0.3, -0.25) is 19.7 Å². The SMILES string of the molecule is C[C@H]1OC(=O)[C@@H]2C[C@@H]3CCCC[C@H]3[C@H](/C=C/c3ccc(-c4cnccn4)cn3)[C@H]12. The maximum Gasteiger partial charge on any atom is 0.309 e. The van der Waals surface area contributed by atoms with Gasteiger partial charge in [0.1, 0.15) is 6.10 Å². The van der Waals surface area contributed by atoms with Crippen molar-refractivity contribution in [1.29, 1.82) is 0 Å². The highest BCUT2D eigenvalue weighted by Crippen LogP contribution is 2.53. The molecule has 0 aromatic carbocycles. The van der Waals surface area contributed by atoms with Crippen molar-refractivity contribution in [3.63, 3.8) is 0 Å². The number of ether oxygens (including phenoxy) is 1. The van der Waals surface area contributed by atoms with Crippen LogP contribution >= 0.6 is 0 Å². The third-order valence-corrected chi connectivity index (χ3v) is 7.21. The number of rotatable bonds is 3. The molecule has 0 unspecified atom stereocenters. The lowest BCUT2D eigenvalue weighted by molar-refractivity contribution is -0.144. The quantitative estimate of drug-likeness (QED) is 0.720. The van der Waals surface area contributed by atoms with Crippen molar-refractivity contribution in [2.45, 2.75) is 45.1 Å². The Morgan fingerprint density at radius 2 is 2.00 bits per heavy atom. The third kappa shape index (κ3) is 3.47. The summed E-state index contributed by atoms with van der Waals surface area (Å²) in [7, 11) is 0. The normalized spacial score (nSPS) is 33.9. The highest BCUT2D eigenvalue weighted by Gasteiger charge is 2.53. The lowest BCUT2D eigenvalue weighted by Crippen LogP contribution is -2.42. The number of hydrogen-bond donors (Lipinski definition) is 0. The number of hydrogen-bond acceptors (Lipinski definition) is 5. The van der Waals surface area contributed by atoms with Crippen LogP contribution in [-0.4, -0.2) is 27.0 Å². The Labute approximate surface area is 171 Å². The molecule has 3 heterocycles. The fraction of sp³-hybridized carbons (Fsp3) is 0.500. The molecule has 1 aliphatic heterocycles. The molecule has 2 saturated carbocycles. The molecule has 5 nitrogen and oxygen atoms in total. The largest absolute Gasteiger partial charge is 0.462 e. The van der Waals surface area contributed by atoms with E-state index in [0.29, 0.717) is 23.7 Å². The molecule has 0 radical (unpaired) electrons. The summed E-state index contributed by atoms with van der Waals surface area (Å²) in [6.07, 6.45) is 17.6. The van der Waals surface area contributed by atoms with E-state index in [-0.39, 0.29) is 18.0 Å². The van der Waals surface area contributed by atoms with E-state index in [0.717, 1.165) is 23.4 Å². The molecule has 3 fully saturated rings. The predicted molar refractivity (Wildman–Crippen MR) is 110 cm³/mol. The molecule has 0 amide bonds. The Balaban J connectivity index is 1.39. The van der Waals surface area contributed by atoms with E-state index in [1.807, 2.05) is 18.3 Å². The molecule has 150 valence electrons. The van der Waals surface area contributed by atoms with Crippen LogP contribution in [0.1, 0.15) is 44.7 Å². The monoisotopic (exact) mass is 389 g/mol. The minimum atomic E-state index is 0.0111. The van der Waals surface area contributed by atoms with E-state index in [1.54, 1.807) is 18.6 Å². The maximum absolute atomic E-state index is 12.4. The Morgan fingerprint density at radius 1 is 1.10 bits per heavy atom. The number of aromatic nitrogens is 3. The van der Waals surface area contributed by atoms with Crippen molar-refractivity contribution in [2.24, 2.45) is 29.6 Å². The van der Waals surface area contributed by atoms with E-state index in [2.05, 4.69) is 34.0 Å². The number of allylic oxidation sites excluding steroid dienone is 1. The number of pyridine rings is 1. The molecule has 0 spiro atoms. The minimum Gasteiger partial charge on any atom is -0.462 e. The van der Waals surface area contributed by atoms with Gasteiger partial charge in [-0.25, -0.2) is 0 Å². The standard InChI is InChI=1S/C24H27N3O2/c1-15-23-20(19-5-3-2-4-16(19)12-21(23)24(28)29-15)9-8-18-7-6-17(13-27-18)22-14-25-10-11-26-22/h6-11,13-16,19-21,23H,2-5,12H2,1H3/b9-8+/t15-,16+,19-,20+,21-,23+/m1/s1. The Kier molecular flexibility index (Phi) is 4.90. The Morgan fingerprint density at radius 3 is 2.79 bits per heavy atom. The van der Waals surface area contributed by atoms with Crippen molar-refractivity contribution in [1.82, 2.24) is 15.0 Å². The Hall–Kier alpha value is -2.56. The molecule has 5 heteroatoms. The summed E-state index contributed by atoms with van der Waals surface area (Å²) in [4.78, 5) is 25.5. The van der Waals surface area contributed by atoms with Gasteiger partial charge in [-0.1, -0.05) is 25.3 Å². The van der Waals surface area contributed by atoms with Crippen molar-refractivity contribution in [3.8, 4) is 11.3 Å². The van der Waals surface area contributed by atoms with Crippen molar-refractivity contribution >= 4 is 12.0 Å². The number of cyclic esters (lactones) is 1. The van der Waals surface area contributed by atoms with Crippen LogP contribution in [0.25, 0.3) is 17.3 Å². The van der Waals surface area contributed by atoms with Crippen LogP contribution in [0.2, 0.25) is 0 Å². The summed E-state index contributed by atoms with van der Waals surface area (Å²) in [5.41, 5.74) is 2.72. The van der Waals surface area contributed by atoms with Crippen molar-refractivity contribution < 1.29 is 9.53 Å². The van der Waals surface area contributed by atoms with Crippen molar-refractivity contribution in [3.05, 3.63) is 48.7 Å². The summed E-state index contributed by atoms with van der Waals surface area (Å²) in [6.45, 7) is 2.07. The van der Waals surface area contributed by atoms with E-state index in [4.69, 9.17) is 4.74 Å². The van der Waals surface area contributed by atoms with Crippen LogP contribution in [0, 0.1) is 29.6 Å². The van der Waals surface area contributed by atoms with Gasteiger partial charge in [0.25, 0.3) is 0 Å². The van der Waals surface area contributed by atoms with Gasteiger partial charge < -0.3 is 4.74 Å². The van der Waals surface area contributed by atoms with Crippen LogP contribution < -0.4 is 0 Å². The zero-order valence-electron chi connectivity index (χ0n) is 16.8. The first kappa shape index (κ1) is 18.5. The van der Waals surface area contributed by atoms with Gasteiger partial charge in [0.05, 0.1) is 23.5 Å². The first-order chi connectivity index (χ1) is 14.2. The average molecular weight is 389 g/mol. The van der Waals surface area contributed by atoms with Crippen LogP contribution in [0.5, 0.6) is 0 Å². The molecule has 0 N–H and O–H groups in total. The average Bonchev–Trinajstić information content (AvgIpc) is 3.05. The van der Waals surface area contributed by atoms with Crippen LogP contribution in [0.4, 0.5) is 0 Å². The molecule has 3 aliphatic rings. The molecular weight excluding hydrogens is 362 g/mol. The highest BCUT2D eigenvalue weighted by atomic mass is 16.6. The van der Waals surface area contributed by atoms with Gasteiger partial charge in [0.2, 0.25) is 0 Å². The lowest BCUT2D eigenvalue weighted by atomic mass is 9.57. The van der Waals surface area contributed by atoms with Gasteiger partial charge in [-0.2, -0.15) is 0 Å². The second-order valence-electron chi connectivity index (χ2n) is 8.77. The van der Waals surface area contributed by atoms with Crippen LogP contribution in [0.15, 0.2) is 43.0 Å². The van der Waals surface area contributed by atoms with E-state index >= 15 is 0 Å². The van der Waals surface area contributed by atoms with Crippen LogP contribution in [-0.2, 0) is 9.53 Å². The number of esters is 1. The highest BCUT2D eigenvalue weighted by molar-refractivity contribution is 5.75.